The van der Waals surface area contributed by atoms with Crippen LogP contribution in [-0.2, 0) is 9.84 Å². The van der Waals surface area contributed by atoms with Crippen molar-refractivity contribution in [3.05, 3.63) is 27.8 Å². The molecule has 0 atom stereocenters. The molecule has 1 aromatic rings. The Morgan fingerprint density at radius 2 is 1.48 bits per heavy atom. The van der Waals surface area contributed by atoms with E-state index in [9.17, 15) is 44.3 Å². The smallest absolute Gasteiger partial charge is 0.492 e. The number of benzene rings is 1. The summed E-state index contributed by atoms with van der Waals surface area (Å²) in [7, 11) is -4.00. The Morgan fingerprint density at radius 1 is 1.00 bits per heavy atom. The summed E-state index contributed by atoms with van der Waals surface area (Å²) in [5, 5.41) is 11.3. The van der Waals surface area contributed by atoms with Crippen LogP contribution in [0.4, 0.5) is 30.7 Å². The van der Waals surface area contributed by atoms with Crippen LogP contribution in [0.5, 0.6) is 0 Å². The summed E-state index contributed by atoms with van der Waals surface area (Å²) < 4.78 is 115. The highest BCUT2D eigenvalue weighted by atomic mass is 127. The van der Waals surface area contributed by atoms with Crippen LogP contribution in [0, 0.1) is 3.57 Å². The van der Waals surface area contributed by atoms with Crippen molar-refractivity contribution in [3.8, 4) is 0 Å². The van der Waals surface area contributed by atoms with Gasteiger partial charge in [0.2, 0.25) is 3.57 Å². The topological polar surface area (TPSA) is 69.6 Å². The van der Waals surface area contributed by atoms with E-state index in [1.807, 2.05) is 0 Å². The second-order valence-corrected chi connectivity index (χ2v) is 11.0. The monoisotopic (exact) mass is 535 g/mol. The van der Waals surface area contributed by atoms with Crippen LogP contribution < -0.4 is 26.6 Å². The Hall–Kier alpha value is -1.12. The van der Waals surface area contributed by atoms with Crippen molar-refractivity contribution in [1.29, 1.82) is 0 Å². The highest BCUT2D eigenvalue weighted by Crippen LogP contribution is 2.46. The van der Waals surface area contributed by atoms with Crippen molar-refractivity contribution in [3.63, 3.8) is 0 Å². The van der Waals surface area contributed by atoms with E-state index in [1.165, 1.54) is 32.9 Å². The van der Waals surface area contributed by atoms with Gasteiger partial charge in [-0.1, -0.05) is 12.1 Å². The molecule has 0 heterocycles. The molecule has 1 rings (SSSR count). The summed E-state index contributed by atoms with van der Waals surface area (Å²) in [5.74, 6) is -15.7. The first-order valence-electron chi connectivity index (χ1n) is 6.93. The minimum Gasteiger partial charge on any atom is -0.855 e. The fourth-order valence-electron chi connectivity index (χ4n) is 1.51. The average Bonchev–Trinajstić information content (AvgIpc) is 2.50. The van der Waals surface area contributed by atoms with E-state index >= 15 is 0 Å². The first kappa shape index (κ1) is 23.9. The van der Waals surface area contributed by atoms with Crippen LogP contribution in [0.25, 0.3) is 0 Å². The van der Waals surface area contributed by atoms with Crippen molar-refractivity contribution < 1.29 is 65.7 Å². The summed E-state index contributed by atoms with van der Waals surface area (Å²) in [6.45, 7) is 4.04. The molecule has 13 heteroatoms. The van der Waals surface area contributed by atoms with E-state index in [1.54, 1.807) is 0 Å². The lowest BCUT2D eigenvalue weighted by molar-refractivity contribution is -0.640. The second kappa shape index (κ2) is 7.37. The van der Waals surface area contributed by atoms with Gasteiger partial charge in [-0.25, -0.2) is 8.42 Å². The van der Waals surface area contributed by atoms with Gasteiger partial charge in [0.1, 0.15) is 4.90 Å². The van der Waals surface area contributed by atoms with Crippen LogP contribution in [0.15, 0.2) is 32.4 Å². The van der Waals surface area contributed by atoms with Crippen molar-refractivity contribution in [1.82, 2.24) is 0 Å². The highest BCUT2D eigenvalue weighted by Gasteiger charge is 2.73. The van der Waals surface area contributed by atoms with E-state index in [4.69, 9.17) is 0 Å². The summed E-state index contributed by atoms with van der Waals surface area (Å²) in [5.41, 5.74) is 0. The van der Waals surface area contributed by atoms with Crippen LogP contribution in [0.2, 0.25) is 0 Å². The number of hydrogen-bond acceptors (Lipinski definition) is 4. The lowest BCUT2D eigenvalue weighted by Crippen LogP contribution is -3.59. The van der Waals surface area contributed by atoms with E-state index < -0.39 is 60.0 Å². The Morgan fingerprint density at radius 3 is 1.93 bits per heavy atom. The van der Waals surface area contributed by atoms with Crippen molar-refractivity contribution in [2.75, 3.05) is 0 Å². The van der Waals surface area contributed by atoms with Gasteiger partial charge < -0.3 is 5.11 Å². The quantitative estimate of drug-likeness (QED) is 0.231. The molecule has 4 nitrogen and oxygen atoms in total. The summed E-state index contributed by atoms with van der Waals surface area (Å²) in [6, 6.07) is 4.83. The zero-order chi connectivity index (χ0) is 21.5. The number of halogens is 8. The van der Waals surface area contributed by atoms with E-state index in [0.717, 1.165) is 12.1 Å². The largest absolute Gasteiger partial charge is 0.855 e. The first-order valence-corrected chi connectivity index (χ1v) is 10.5. The Balaban J connectivity index is 3.33. The number of hydrogen-bond donors (Lipinski definition) is 0. The SMILES string of the molecule is CC(C)(C)S(=O)(=O)c1ccccc1[I+]/N=C(\[O-])C(F)(F)C(F)(F)C(F)(F)F. The molecule has 1 aromatic carbocycles. The van der Waals surface area contributed by atoms with Gasteiger partial charge in [0.15, 0.2) is 9.84 Å². The molecule has 0 amide bonds. The molecule has 0 aliphatic heterocycles. The van der Waals surface area contributed by atoms with Crippen LogP contribution >= 0.6 is 0 Å². The van der Waals surface area contributed by atoms with Gasteiger partial charge in [0, 0.05) is 0 Å². The standard InChI is InChI=1S/C14H13F7INO3S/c1-11(2,3)27(25,26)9-7-5-4-6-8(9)22-23-10(24)12(15,16)13(17,18)14(19,20)21/h4-7H,1-3H3. The maximum Gasteiger partial charge on any atom is 0.492 e. The molecular weight excluding hydrogens is 522 g/mol. The maximum atomic E-state index is 13.3. The van der Waals surface area contributed by atoms with Gasteiger partial charge in [0.25, 0.3) is 0 Å². The maximum absolute atomic E-state index is 13.3. The minimum absolute atomic E-state index is 0.189. The molecule has 0 saturated heterocycles. The van der Waals surface area contributed by atoms with Crippen molar-refractivity contribution >= 4 is 15.7 Å². The zero-order valence-corrected chi connectivity index (χ0v) is 16.9. The van der Waals surface area contributed by atoms with Gasteiger partial charge in [-0.2, -0.15) is 30.7 Å². The lowest BCUT2D eigenvalue weighted by atomic mass is 10.1. The highest BCUT2D eigenvalue weighted by molar-refractivity contribution is 7.92. The van der Waals surface area contributed by atoms with Crippen LogP contribution in [-0.4, -0.2) is 37.1 Å². The zero-order valence-electron chi connectivity index (χ0n) is 13.9. The van der Waals surface area contributed by atoms with Gasteiger partial charge in [-0.15, -0.1) is 0 Å². The second-order valence-electron chi connectivity index (χ2n) is 6.17. The number of sulfone groups is 1. The lowest BCUT2D eigenvalue weighted by Gasteiger charge is -2.29. The Kier molecular flexibility index (Phi) is 6.53. The van der Waals surface area contributed by atoms with E-state index in [2.05, 4.69) is 3.21 Å². The van der Waals surface area contributed by atoms with E-state index in [-0.39, 0.29) is 8.47 Å². The molecule has 0 radical (unpaired) electrons. The molecule has 0 unspecified atom stereocenters. The molecule has 0 fully saturated rings. The van der Waals surface area contributed by atoms with Crippen LogP contribution in [0.1, 0.15) is 20.8 Å². The molecular formula is C14H13F7INO3S. The predicted octanol–water partition coefficient (Wildman–Crippen LogP) is 0.0241. The molecule has 0 aliphatic rings. The minimum atomic E-state index is -6.66. The third-order valence-electron chi connectivity index (χ3n) is 3.16. The number of nitrogens with zero attached hydrogens (tertiary/aromatic N) is 1. The normalized spacial score (nSPS) is 15.1. The van der Waals surface area contributed by atoms with Gasteiger partial charge in [-0.3, -0.25) is 0 Å². The van der Waals surface area contributed by atoms with Crippen molar-refractivity contribution in [2.24, 2.45) is 3.21 Å². The fraction of sp³-hybridized carbons (Fsp3) is 0.500. The summed E-state index contributed by atoms with van der Waals surface area (Å²) >= 11 is -2.28. The molecule has 0 N–H and O–H groups in total. The van der Waals surface area contributed by atoms with Crippen molar-refractivity contribution in [2.45, 2.75) is 48.4 Å². The number of rotatable bonds is 5. The average molecular weight is 535 g/mol. The van der Waals surface area contributed by atoms with Gasteiger partial charge in [0.05, 0.1) is 10.6 Å². The Bertz CT molecular complexity index is 830. The molecule has 0 spiro atoms. The molecule has 0 bridgehead atoms. The molecule has 27 heavy (non-hydrogen) atoms. The Labute approximate surface area is 161 Å². The molecule has 0 aliphatic carbocycles. The molecule has 0 saturated carbocycles. The van der Waals surface area contributed by atoms with Gasteiger partial charge in [-0.05, 0) is 36.1 Å². The molecule has 154 valence electrons. The molecule has 0 aromatic heterocycles. The number of alkyl halides is 7. The third kappa shape index (κ3) is 4.49. The van der Waals surface area contributed by atoms with Gasteiger partial charge >= 0.3 is 39.5 Å². The summed E-state index contributed by atoms with van der Waals surface area (Å²) in [4.78, 5) is -0.354. The fourth-order valence-corrected chi connectivity index (χ4v) is 5.42. The van der Waals surface area contributed by atoms with Crippen LogP contribution in [0.3, 0.4) is 0 Å². The summed E-state index contributed by atoms with van der Waals surface area (Å²) in [6.07, 6.45) is -6.66. The predicted molar refractivity (Wildman–Crippen MR) is 75.5 cm³/mol. The first-order chi connectivity index (χ1) is 11.9. The van der Waals surface area contributed by atoms with E-state index in [0.29, 0.717) is 0 Å². The third-order valence-corrected chi connectivity index (χ3v) is 8.21.